The van der Waals surface area contributed by atoms with Crippen molar-refractivity contribution in [3.8, 4) is 0 Å². The van der Waals surface area contributed by atoms with Gasteiger partial charge in [-0.15, -0.1) is 0 Å². The van der Waals surface area contributed by atoms with Gasteiger partial charge in [0.1, 0.15) is 0 Å². The molecule has 0 fully saturated rings. The van der Waals surface area contributed by atoms with Crippen LogP contribution in [0, 0.1) is 13.8 Å². The molecule has 0 N–H and O–H groups in total. The first-order valence-electron chi connectivity index (χ1n) is 6.95. The van der Waals surface area contributed by atoms with Gasteiger partial charge >= 0.3 is 0 Å². The predicted octanol–water partition coefficient (Wildman–Crippen LogP) is 5.62. The molecule has 2 rings (SSSR count). The molecule has 2 aromatic rings. The van der Waals surface area contributed by atoms with Crippen molar-refractivity contribution in [1.82, 2.24) is 9.78 Å². The minimum absolute atomic E-state index is 1.21. The molecule has 0 spiro atoms. The SMILES string of the molecule is CCC.CCC.Cc1ccsc1.Cc1cnn(C)c1. The molecule has 0 saturated heterocycles. The van der Waals surface area contributed by atoms with Gasteiger partial charge in [-0.2, -0.15) is 16.4 Å². The third kappa shape index (κ3) is 16.9. The van der Waals surface area contributed by atoms with Crippen molar-refractivity contribution in [2.45, 2.75) is 54.4 Å². The summed E-state index contributed by atoms with van der Waals surface area (Å²) in [6.07, 6.45) is 6.31. The summed E-state index contributed by atoms with van der Waals surface area (Å²) >= 11 is 1.74. The van der Waals surface area contributed by atoms with E-state index in [2.05, 4.69) is 56.5 Å². The van der Waals surface area contributed by atoms with Crippen molar-refractivity contribution in [2.24, 2.45) is 7.05 Å². The zero-order valence-electron chi connectivity index (χ0n) is 13.6. The highest BCUT2D eigenvalue weighted by Crippen LogP contribution is 2.01. The van der Waals surface area contributed by atoms with E-state index in [9.17, 15) is 0 Å². The lowest BCUT2D eigenvalue weighted by Crippen LogP contribution is -1.83. The molecule has 19 heavy (non-hydrogen) atoms. The molecule has 0 aromatic carbocycles. The number of hydrogen-bond donors (Lipinski definition) is 0. The molecule has 0 bridgehead atoms. The van der Waals surface area contributed by atoms with Crippen LogP contribution in [0.15, 0.2) is 29.2 Å². The first-order valence-corrected chi connectivity index (χ1v) is 7.89. The molecular weight excluding hydrogens is 252 g/mol. The molecule has 0 atom stereocenters. The second-order valence-electron chi connectivity index (χ2n) is 4.41. The largest absolute Gasteiger partial charge is 0.276 e. The monoisotopic (exact) mass is 282 g/mol. The number of rotatable bonds is 0. The molecule has 0 aliphatic rings. The number of nitrogens with zero attached hydrogens (tertiary/aromatic N) is 2. The fraction of sp³-hybridized carbons (Fsp3) is 0.562. The Morgan fingerprint density at radius 2 is 1.58 bits per heavy atom. The van der Waals surface area contributed by atoms with Crippen molar-refractivity contribution in [1.29, 1.82) is 0 Å². The van der Waals surface area contributed by atoms with Crippen molar-refractivity contribution in [2.75, 3.05) is 0 Å². The maximum Gasteiger partial charge on any atom is 0.0518 e. The molecule has 2 aromatic heterocycles. The van der Waals surface area contributed by atoms with E-state index in [4.69, 9.17) is 0 Å². The Labute approximate surface area is 123 Å². The topological polar surface area (TPSA) is 17.8 Å². The summed E-state index contributed by atoms with van der Waals surface area (Å²) in [6, 6.07) is 2.10. The number of thiophene rings is 1. The highest BCUT2D eigenvalue weighted by Gasteiger charge is 1.81. The van der Waals surface area contributed by atoms with E-state index < -0.39 is 0 Å². The lowest BCUT2D eigenvalue weighted by atomic mass is 10.4. The smallest absolute Gasteiger partial charge is 0.0518 e. The van der Waals surface area contributed by atoms with Crippen LogP contribution < -0.4 is 0 Å². The molecule has 0 unspecified atom stereocenters. The van der Waals surface area contributed by atoms with Crippen LogP contribution in [0.5, 0.6) is 0 Å². The molecule has 3 heteroatoms. The van der Waals surface area contributed by atoms with E-state index in [-0.39, 0.29) is 0 Å². The molecular formula is C16H30N2S. The summed E-state index contributed by atoms with van der Waals surface area (Å²) in [4.78, 5) is 0. The van der Waals surface area contributed by atoms with Gasteiger partial charge in [-0.05, 0) is 41.8 Å². The lowest BCUT2D eigenvalue weighted by molar-refractivity contribution is 0.767. The molecule has 110 valence electrons. The van der Waals surface area contributed by atoms with Gasteiger partial charge in [0.2, 0.25) is 0 Å². The molecule has 0 amide bonds. The average Bonchev–Trinajstić information content (AvgIpc) is 2.94. The van der Waals surface area contributed by atoms with E-state index in [1.54, 1.807) is 16.0 Å². The fourth-order valence-electron chi connectivity index (χ4n) is 0.876. The van der Waals surface area contributed by atoms with Gasteiger partial charge in [0.25, 0.3) is 0 Å². The second-order valence-corrected chi connectivity index (χ2v) is 5.19. The maximum absolute atomic E-state index is 3.93. The summed E-state index contributed by atoms with van der Waals surface area (Å²) in [6.45, 7) is 12.6. The summed E-state index contributed by atoms with van der Waals surface area (Å²) in [7, 11) is 1.91. The van der Waals surface area contributed by atoms with Gasteiger partial charge in [-0.3, -0.25) is 4.68 Å². The summed E-state index contributed by atoms with van der Waals surface area (Å²) in [5.74, 6) is 0. The minimum Gasteiger partial charge on any atom is -0.276 e. The Kier molecular flexibility index (Phi) is 15.9. The van der Waals surface area contributed by atoms with Crippen LogP contribution in [0.3, 0.4) is 0 Å². The molecule has 0 aliphatic carbocycles. The van der Waals surface area contributed by atoms with Crippen LogP contribution >= 0.6 is 11.3 Å². The number of hydrogen-bond acceptors (Lipinski definition) is 2. The van der Waals surface area contributed by atoms with E-state index in [1.165, 1.54) is 24.0 Å². The van der Waals surface area contributed by atoms with Crippen LogP contribution in [-0.4, -0.2) is 9.78 Å². The average molecular weight is 282 g/mol. The first-order chi connectivity index (χ1) is 9.01. The molecule has 0 saturated carbocycles. The van der Waals surface area contributed by atoms with Crippen molar-refractivity contribution >= 4 is 11.3 Å². The Balaban J connectivity index is 0. The van der Waals surface area contributed by atoms with Crippen LogP contribution in [-0.2, 0) is 7.05 Å². The third-order valence-electron chi connectivity index (χ3n) is 1.50. The van der Waals surface area contributed by atoms with Crippen LogP contribution in [0.25, 0.3) is 0 Å². The number of aromatic nitrogens is 2. The van der Waals surface area contributed by atoms with Gasteiger partial charge in [0.05, 0.1) is 6.20 Å². The van der Waals surface area contributed by atoms with Gasteiger partial charge in [-0.25, -0.2) is 0 Å². The van der Waals surface area contributed by atoms with Crippen molar-refractivity contribution in [3.63, 3.8) is 0 Å². The Hall–Kier alpha value is -1.09. The van der Waals surface area contributed by atoms with Crippen molar-refractivity contribution in [3.05, 3.63) is 40.3 Å². The summed E-state index contributed by atoms with van der Waals surface area (Å²) in [5.41, 5.74) is 2.57. The fourth-order valence-corrected chi connectivity index (χ4v) is 1.54. The third-order valence-corrected chi connectivity index (χ3v) is 2.30. The predicted molar refractivity (Wildman–Crippen MR) is 88.9 cm³/mol. The number of aryl methyl sites for hydroxylation is 3. The van der Waals surface area contributed by atoms with E-state index in [0.717, 1.165) is 0 Å². The molecule has 0 radical (unpaired) electrons. The minimum atomic E-state index is 1.21. The van der Waals surface area contributed by atoms with E-state index >= 15 is 0 Å². The Morgan fingerprint density at radius 1 is 1.05 bits per heavy atom. The highest BCUT2D eigenvalue weighted by molar-refractivity contribution is 7.07. The Bertz CT molecular complexity index is 345. The van der Waals surface area contributed by atoms with Crippen LogP contribution in [0.1, 0.15) is 51.7 Å². The molecule has 0 aliphatic heterocycles. The first kappa shape index (κ1) is 20.2. The summed E-state index contributed by atoms with van der Waals surface area (Å²) in [5, 5.41) is 8.14. The van der Waals surface area contributed by atoms with Crippen LogP contribution in [0.4, 0.5) is 0 Å². The van der Waals surface area contributed by atoms with Gasteiger partial charge in [0.15, 0.2) is 0 Å². The van der Waals surface area contributed by atoms with E-state index in [1.807, 2.05) is 26.4 Å². The van der Waals surface area contributed by atoms with Crippen LogP contribution in [0.2, 0.25) is 0 Å². The van der Waals surface area contributed by atoms with E-state index in [0.29, 0.717) is 0 Å². The lowest BCUT2D eigenvalue weighted by Gasteiger charge is -1.78. The molecule has 2 nitrogen and oxygen atoms in total. The maximum atomic E-state index is 3.93. The zero-order chi connectivity index (χ0) is 15.1. The Morgan fingerprint density at radius 3 is 1.68 bits per heavy atom. The summed E-state index contributed by atoms with van der Waals surface area (Å²) < 4.78 is 1.79. The van der Waals surface area contributed by atoms with Gasteiger partial charge in [0, 0.05) is 13.2 Å². The van der Waals surface area contributed by atoms with Crippen molar-refractivity contribution < 1.29 is 0 Å². The molecule has 2 heterocycles. The normalized spacial score (nSPS) is 8.16. The second kappa shape index (κ2) is 15.0. The highest BCUT2D eigenvalue weighted by atomic mass is 32.1. The van der Waals surface area contributed by atoms with Gasteiger partial charge < -0.3 is 0 Å². The quantitative estimate of drug-likeness (QED) is 0.613. The van der Waals surface area contributed by atoms with Gasteiger partial charge in [-0.1, -0.05) is 40.5 Å². The standard InChI is InChI=1S/C5H8N2.C5H6S.2C3H8/c1-5-3-6-7(2)4-5;1-5-2-3-6-4-5;2*1-3-2/h3-4H,1-2H3;2-4H,1H3;2*3H2,1-2H3. The zero-order valence-corrected chi connectivity index (χ0v) is 14.4.